The summed E-state index contributed by atoms with van der Waals surface area (Å²) in [7, 11) is 0. The van der Waals surface area contributed by atoms with Gasteiger partial charge in [-0.05, 0) is 13.2 Å². The van der Waals surface area contributed by atoms with Gasteiger partial charge in [0.15, 0.2) is 18.9 Å². The first-order chi connectivity index (χ1) is 6.76. The molecule has 0 aliphatic heterocycles. The maximum Gasteiger partial charge on any atom is 0.170 e. The van der Waals surface area contributed by atoms with Crippen LogP contribution in [0, 0.1) is 11.3 Å². The Bertz CT molecular complexity index is 365. The minimum Gasteiger partial charge on any atom is -1.00 e. The zero-order valence-electron chi connectivity index (χ0n) is 8.77. The molecule has 0 N–H and O–H groups in total. The van der Waals surface area contributed by atoms with Gasteiger partial charge in [-0.15, -0.1) is 11.8 Å². The van der Waals surface area contributed by atoms with Gasteiger partial charge in [-0.3, -0.25) is 0 Å². The molecular formula is C11H13BrN2S. The number of halogens is 1. The highest BCUT2D eigenvalue weighted by Crippen LogP contribution is 2.10. The van der Waals surface area contributed by atoms with Gasteiger partial charge in [-0.25, -0.2) is 4.57 Å². The quantitative estimate of drug-likeness (QED) is 0.412. The third kappa shape index (κ3) is 5.01. The Morgan fingerprint density at radius 2 is 2.13 bits per heavy atom. The second kappa shape index (κ2) is 7.49. The van der Waals surface area contributed by atoms with Crippen molar-refractivity contribution in [1.29, 1.82) is 5.26 Å². The van der Waals surface area contributed by atoms with Crippen LogP contribution in [-0.4, -0.2) is 6.26 Å². The summed E-state index contributed by atoms with van der Waals surface area (Å²) in [5, 5.41) is 8.46. The van der Waals surface area contributed by atoms with E-state index in [0.29, 0.717) is 0 Å². The smallest absolute Gasteiger partial charge is 0.170 e. The number of hydrogen-bond donors (Lipinski definition) is 0. The molecule has 0 bridgehead atoms. The van der Waals surface area contributed by atoms with Gasteiger partial charge in [0.1, 0.15) is 0 Å². The Morgan fingerprint density at radius 1 is 1.53 bits per heavy atom. The van der Waals surface area contributed by atoms with Crippen LogP contribution in [0.4, 0.5) is 0 Å². The first kappa shape index (κ1) is 14.2. The molecule has 0 atom stereocenters. The van der Waals surface area contributed by atoms with Crippen LogP contribution in [0.25, 0.3) is 0 Å². The van der Waals surface area contributed by atoms with Crippen molar-refractivity contribution in [3.8, 4) is 6.07 Å². The van der Waals surface area contributed by atoms with Gasteiger partial charge in [0.05, 0.1) is 6.07 Å². The largest absolute Gasteiger partial charge is 1.00 e. The van der Waals surface area contributed by atoms with E-state index in [1.165, 1.54) is 4.90 Å². The molecule has 1 aromatic heterocycles. The molecular weight excluding hydrogens is 272 g/mol. The Balaban J connectivity index is 0.00000196. The Labute approximate surface area is 105 Å². The van der Waals surface area contributed by atoms with Crippen molar-refractivity contribution in [3.63, 3.8) is 0 Å². The highest BCUT2D eigenvalue weighted by atomic mass is 79.9. The normalized spacial score (nSPS) is 10.3. The van der Waals surface area contributed by atoms with E-state index in [2.05, 4.69) is 23.0 Å². The predicted octanol–water partition coefficient (Wildman–Crippen LogP) is -0.830. The van der Waals surface area contributed by atoms with Crippen molar-refractivity contribution in [2.75, 3.05) is 6.26 Å². The fraction of sp³-hybridized carbons (Fsp3) is 0.273. The van der Waals surface area contributed by atoms with Gasteiger partial charge >= 0.3 is 0 Å². The number of aromatic nitrogens is 1. The van der Waals surface area contributed by atoms with Crippen molar-refractivity contribution in [3.05, 3.63) is 36.2 Å². The van der Waals surface area contributed by atoms with E-state index >= 15 is 0 Å². The highest BCUT2D eigenvalue weighted by Gasteiger charge is 2.00. The summed E-state index contributed by atoms with van der Waals surface area (Å²) in [5.74, 6) is 0. The molecule has 1 heterocycles. The number of thioether (sulfide) groups is 1. The average molecular weight is 285 g/mol. The van der Waals surface area contributed by atoms with E-state index in [1.54, 1.807) is 17.8 Å². The summed E-state index contributed by atoms with van der Waals surface area (Å²) in [4.78, 5) is 1.25. The molecule has 0 amide bonds. The van der Waals surface area contributed by atoms with E-state index in [1.807, 2.05) is 25.4 Å². The zero-order chi connectivity index (χ0) is 10.4. The lowest BCUT2D eigenvalue weighted by molar-refractivity contribution is -0.689. The van der Waals surface area contributed by atoms with E-state index in [-0.39, 0.29) is 17.0 Å². The number of allylic oxidation sites excluding steroid dienone is 2. The van der Waals surface area contributed by atoms with Crippen molar-refractivity contribution in [2.24, 2.45) is 0 Å². The lowest BCUT2D eigenvalue weighted by Crippen LogP contribution is -3.00. The van der Waals surface area contributed by atoms with E-state index in [4.69, 9.17) is 5.26 Å². The molecule has 0 saturated heterocycles. The second-order valence-corrected chi connectivity index (χ2v) is 3.91. The highest BCUT2D eigenvalue weighted by molar-refractivity contribution is 7.98. The van der Waals surface area contributed by atoms with E-state index < -0.39 is 0 Å². The molecule has 0 unspecified atom stereocenters. The van der Waals surface area contributed by atoms with Crippen LogP contribution in [0.15, 0.2) is 41.1 Å². The lowest BCUT2D eigenvalue weighted by atomic mass is 10.3. The van der Waals surface area contributed by atoms with Gasteiger partial charge in [-0.2, -0.15) is 5.26 Å². The van der Waals surface area contributed by atoms with Crippen LogP contribution >= 0.6 is 11.8 Å². The van der Waals surface area contributed by atoms with Crippen LogP contribution in [-0.2, 0) is 6.54 Å². The molecule has 0 saturated carbocycles. The van der Waals surface area contributed by atoms with Gasteiger partial charge in [0.2, 0.25) is 0 Å². The molecule has 0 aliphatic rings. The maximum atomic E-state index is 8.46. The Kier molecular flexibility index (Phi) is 7.10. The number of nitriles is 1. The topological polar surface area (TPSA) is 27.7 Å². The van der Waals surface area contributed by atoms with E-state index in [0.717, 1.165) is 12.1 Å². The van der Waals surface area contributed by atoms with Gasteiger partial charge in [0.25, 0.3) is 0 Å². The Hall–Kier alpha value is -0.790. The van der Waals surface area contributed by atoms with Crippen LogP contribution in [0.2, 0.25) is 0 Å². The van der Waals surface area contributed by atoms with E-state index in [9.17, 15) is 0 Å². The standard InChI is InChI=1S/C11H13N2S.BrH/c1-10(3-6-12)9-13-7-4-11(14-2)5-8-13;/h3-5,7-8H,9H2,1-2H3;1H/q+1;/p-1/b10-3+;. The first-order valence-corrected chi connectivity index (χ1v) is 5.57. The lowest BCUT2D eigenvalue weighted by Gasteiger charge is -1.97. The molecule has 15 heavy (non-hydrogen) atoms. The van der Waals surface area contributed by atoms with Crippen LogP contribution in [0.5, 0.6) is 0 Å². The molecule has 2 nitrogen and oxygen atoms in total. The van der Waals surface area contributed by atoms with Gasteiger partial charge < -0.3 is 17.0 Å². The molecule has 0 radical (unpaired) electrons. The zero-order valence-corrected chi connectivity index (χ0v) is 11.2. The summed E-state index contributed by atoms with van der Waals surface area (Å²) < 4.78 is 2.06. The van der Waals surface area contributed by atoms with Crippen molar-refractivity contribution in [1.82, 2.24) is 0 Å². The third-order valence-corrected chi connectivity index (χ3v) is 2.58. The first-order valence-electron chi connectivity index (χ1n) is 4.34. The third-order valence-electron chi connectivity index (χ3n) is 1.84. The molecule has 0 fully saturated rings. The number of hydrogen-bond acceptors (Lipinski definition) is 2. The fourth-order valence-electron chi connectivity index (χ4n) is 1.13. The molecule has 4 heteroatoms. The molecule has 1 rings (SSSR count). The Morgan fingerprint density at radius 3 is 2.60 bits per heavy atom. The summed E-state index contributed by atoms with van der Waals surface area (Å²) in [5.41, 5.74) is 1.06. The molecule has 80 valence electrons. The number of rotatable bonds is 3. The van der Waals surface area contributed by atoms with Gasteiger partial charge in [0, 0.05) is 28.7 Å². The molecule has 0 aliphatic carbocycles. The minimum absolute atomic E-state index is 0. The molecule has 0 spiro atoms. The fourth-order valence-corrected chi connectivity index (χ4v) is 1.52. The molecule has 1 aromatic rings. The second-order valence-electron chi connectivity index (χ2n) is 3.03. The summed E-state index contributed by atoms with van der Waals surface area (Å²) in [6.45, 7) is 2.74. The predicted molar refractivity (Wildman–Crippen MR) is 57.8 cm³/mol. The maximum absolute atomic E-state index is 8.46. The van der Waals surface area contributed by atoms with Crippen molar-refractivity contribution in [2.45, 2.75) is 18.4 Å². The average Bonchev–Trinajstić information content (AvgIpc) is 2.19. The SMILES string of the molecule is CSc1cc[n+](C/C(C)=C/C#N)cc1.[Br-]. The monoisotopic (exact) mass is 284 g/mol. The summed E-state index contributed by atoms with van der Waals surface area (Å²) in [6, 6.07) is 6.18. The van der Waals surface area contributed by atoms with Crippen molar-refractivity contribution < 1.29 is 21.5 Å². The number of nitrogens with zero attached hydrogens (tertiary/aromatic N) is 2. The number of pyridine rings is 1. The summed E-state index contributed by atoms with van der Waals surface area (Å²) >= 11 is 1.73. The minimum atomic E-state index is 0. The van der Waals surface area contributed by atoms with Crippen LogP contribution < -0.4 is 21.5 Å². The molecule has 0 aromatic carbocycles. The summed E-state index contributed by atoms with van der Waals surface area (Å²) in [6.07, 6.45) is 7.69. The van der Waals surface area contributed by atoms with Crippen LogP contribution in [0.1, 0.15) is 6.92 Å². The van der Waals surface area contributed by atoms with Crippen LogP contribution in [0.3, 0.4) is 0 Å². The van der Waals surface area contributed by atoms with Gasteiger partial charge in [-0.1, -0.05) is 0 Å². The van der Waals surface area contributed by atoms with Crippen molar-refractivity contribution >= 4 is 11.8 Å².